The lowest BCUT2D eigenvalue weighted by Crippen LogP contribution is -2.72. The molecule has 4 aliphatic rings. The highest BCUT2D eigenvalue weighted by Gasteiger charge is 2.48. The van der Waals surface area contributed by atoms with E-state index in [9.17, 15) is 4.79 Å². The zero-order valence-corrected chi connectivity index (χ0v) is 19.4. The molecule has 0 saturated carbocycles. The Morgan fingerprint density at radius 1 is 0.935 bits per heavy atom. The third-order valence-electron chi connectivity index (χ3n) is 7.29. The fourth-order valence-electron chi connectivity index (χ4n) is 5.61. The molecule has 0 aliphatic carbocycles. The van der Waals surface area contributed by atoms with Crippen LogP contribution < -0.4 is 0 Å². The molecule has 4 aliphatic heterocycles. The number of hydrogen-bond donors (Lipinski definition) is 0. The average molecular weight is 468 g/mol. The lowest BCUT2D eigenvalue weighted by molar-refractivity contribution is -0.156. The summed E-state index contributed by atoms with van der Waals surface area (Å²) in [4.78, 5) is 20.8. The number of hydrogen-bond acceptors (Lipinski definition) is 5. The van der Waals surface area contributed by atoms with Gasteiger partial charge in [0.1, 0.15) is 0 Å². The highest BCUT2D eigenvalue weighted by atomic mass is 35.5. The molecule has 5 rings (SSSR count). The van der Waals surface area contributed by atoms with Crippen LogP contribution in [0.4, 0.5) is 0 Å². The summed E-state index contributed by atoms with van der Waals surface area (Å²) in [5.41, 5.74) is 0.912. The van der Waals surface area contributed by atoms with E-state index in [4.69, 9.17) is 32.7 Å². The second-order valence-corrected chi connectivity index (χ2v) is 10.1. The molecule has 8 heteroatoms. The lowest BCUT2D eigenvalue weighted by Gasteiger charge is -2.55. The molecule has 1 aromatic carbocycles. The van der Waals surface area contributed by atoms with E-state index in [1.165, 1.54) is 12.8 Å². The van der Waals surface area contributed by atoms with E-state index < -0.39 is 0 Å². The molecule has 0 aromatic heterocycles. The molecular weight excluding hydrogens is 437 g/mol. The number of piperazine rings is 1. The minimum absolute atomic E-state index is 0.164. The van der Waals surface area contributed by atoms with Crippen LogP contribution in [0.25, 0.3) is 0 Å². The minimum atomic E-state index is 0.164. The third kappa shape index (κ3) is 4.61. The highest BCUT2D eigenvalue weighted by Crippen LogP contribution is 2.31. The standard InChI is InChI=1S/C23H31Cl2N3O3/c24-18-4-3-16(9-19(18)25)10-22(29)28-8-7-27(11-17-12-30-13-17)21-15-31-14-20(23(21)28)26-5-1-2-6-26/h3-4,9,17,20-21,23H,1-2,5-8,10-15H2/t20-,21+,23+/m1/s1. The number of amides is 1. The van der Waals surface area contributed by atoms with E-state index in [1.54, 1.807) is 6.07 Å². The van der Waals surface area contributed by atoms with Crippen LogP contribution in [0.1, 0.15) is 18.4 Å². The first-order valence-electron chi connectivity index (χ1n) is 11.5. The summed E-state index contributed by atoms with van der Waals surface area (Å²) < 4.78 is 11.5. The van der Waals surface area contributed by atoms with Gasteiger partial charge < -0.3 is 14.4 Å². The van der Waals surface area contributed by atoms with Crippen molar-refractivity contribution in [1.29, 1.82) is 0 Å². The molecule has 0 radical (unpaired) electrons. The van der Waals surface area contributed by atoms with Crippen LogP contribution >= 0.6 is 23.2 Å². The van der Waals surface area contributed by atoms with Gasteiger partial charge in [-0.15, -0.1) is 0 Å². The average Bonchev–Trinajstić information content (AvgIpc) is 3.27. The van der Waals surface area contributed by atoms with Crippen LogP contribution in [0.15, 0.2) is 18.2 Å². The largest absolute Gasteiger partial charge is 0.381 e. The maximum atomic E-state index is 13.5. The maximum Gasteiger partial charge on any atom is 0.227 e. The first-order chi connectivity index (χ1) is 15.1. The van der Waals surface area contributed by atoms with E-state index in [1.807, 2.05) is 12.1 Å². The normalized spacial score (nSPS) is 30.3. The van der Waals surface area contributed by atoms with Crippen LogP contribution in [-0.2, 0) is 20.7 Å². The van der Waals surface area contributed by atoms with Crippen molar-refractivity contribution in [2.75, 3.05) is 59.2 Å². The van der Waals surface area contributed by atoms with Crippen LogP contribution in [0.2, 0.25) is 10.0 Å². The maximum absolute atomic E-state index is 13.5. The Labute approximate surface area is 194 Å². The van der Waals surface area contributed by atoms with Gasteiger partial charge in [-0.3, -0.25) is 14.6 Å². The molecular formula is C23H31Cl2N3O3. The van der Waals surface area contributed by atoms with Crippen molar-refractivity contribution in [2.45, 2.75) is 37.4 Å². The van der Waals surface area contributed by atoms with E-state index in [-0.39, 0.29) is 24.0 Å². The molecule has 1 amide bonds. The fourth-order valence-corrected chi connectivity index (χ4v) is 5.93. The number of fused-ring (bicyclic) bond motifs is 1. The Morgan fingerprint density at radius 3 is 2.39 bits per heavy atom. The minimum Gasteiger partial charge on any atom is -0.381 e. The molecule has 0 spiro atoms. The monoisotopic (exact) mass is 467 g/mol. The summed E-state index contributed by atoms with van der Waals surface area (Å²) in [6.45, 7) is 7.99. The molecule has 0 bridgehead atoms. The molecule has 31 heavy (non-hydrogen) atoms. The SMILES string of the molecule is O=C(Cc1ccc(Cl)c(Cl)c1)N1CCN(CC2COC2)[C@H]2COC[C@@H](N3CCCC3)[C@@H]21. The van der Waals surface area contributed by atoms with Crippen molar-refractivity contribution < 1.29 is 14.3 Å². The summed E-state index contributed by atoms with van der Waals surface area (Å²) >= 11 is 12.3. The van der Waals surface area contributed by atoms with Crippen molar-refractivity contribution in [1.82, 2.24) is 14.7 Å². The lowest BCUT2D eigenvalue weighted by atomic mass is 9.90. The number of likely N-dealkylation sites (tertiary alicyclic amines) is 1. The predicted molar refractivity (Wildman–Crippen MR) is 121 cm³/mol. The Bertz CT molecular complexity index is 800. The van der Waals surface area contributed by atoms with E-state index in [0.29, 0.717) is 35.6 Å². The highest BCUT2D eigenvalue weighted by molar-refractivity contribution is 6.42. The third-order valence-corrected chi connectivity index (χ3v) is 8.03. The second kappa shape index (κ2) is 9.54. The summed E-state index contributed by atoms with van der Waals surface area (Å²) in [5.74, 6) is 0.775. The van der Waals surface area contributed by atoms with Crippen molar-refractivity contribution >= 4 is 29.1 Å². The van der Waals surface area contributed by atoms with Gasteiger partial charge in [0, 0.05) is 25.6 Å². The summed E-state index contributed by atoms with van der Waals surface area (Å²) in [6.07, 6.45) is 2.81. The number of nitrogens with zero attached hydrogens (tertiary/aromatic N) is 3. The van der Waals surface area contributed by atoms with Gasteiger partial charge in [0.15, 0.2) is 0 Å². The van der Waals surface area contributed by atoms with Crippen LogP contribution in [0.3, 0.4) is 0 Å². The topological polar surface area (TPSA) is 45.3 Å². The summed E-state index contributed by atoms with van der Waals surface area (Å²) in [6, 6.07) is 6.16. The number of ether oxygens (including phenoxy) is 2. The van der Waals surface area contributed by atoms with Crippen LogP contribution in [0, 0.1) is 5.92 Å². The Balaban J connectivity index is 1.37. The Morgan fingerprint density at radius 2 is 1.68 bits per heavy atom. The first kappa shape index (κ1) is 21.9. The van der Waals surface area contributed by atoms with Gasteiger partial charge in [-0.25, -0.2) is 0 Å². The van der Waals surface area contributed by atoms with Gasteiger partial charge in [-0.1, -0.05) is 29.3 Å². The summed E-state index contributed by atoms with van der Waals surface area (Å²) in [5, 5.41) is 1.02. The van der Waals surface area contributed by atoms with Gasteiger partial charge in [-0.05, 0) is 43.6 Å². The van der Waals surface area contributed by atoms with Crippen molar-refractivity contribution in [3.63, 3.8) is 0 Å². The van der Waals surface area contributed by atoms with Crippen molar-refractivity contribution in [2.24, 2.45) is 5.92 Å². The van der Waals surface area contributed by atoms with Crippen molar-refractivity contribution in [3.05, 3.63) is 33.8 Å². The smallest absolute Gasteiger partial charge is 0.227 e. The molecule has 170 valence electrons. The van der Waals surface area contributed by atoms with Gasteiger partial charge in [-0.2, -0.15) is 0 Å². The van der Waals surface area contributed by atoms with Crippen LogP contribution in [0.5, 0.6) is 0 Å². The molecule has 0 N–H and O–H groups in total. The first-order valence-corrected chi connectivity index (χ1v) is 12.2. The van der Waals surface area contributed by atoms with E-state index in [2.05, 4.69) is 14.7 Å². The molecule has 1 aromatic rings. The molecule has 4 saturated heterocycles. The number of halogens is 2. The van der Waals surface area contributed by atoms with Gasteiger partial charge in [0.25, 0.3) is 0 Å². The van der Waals surface area contributed by atoms with Crippen LogP contribution in [-0.4, -0.2) is 97.9 Å². The molecule has 4 fully saturated rings. The number of rotatable bonds is 5. The molecule has 3 atom stereocenters. The predicted octanol–water partition coefficient (Wildman–Crippen LogP) is 2.56. The van der Waals surface area contributed by atoms with Gasteiger partial charge >= 0.3 is 0 Å². The van der Waals surface area contributed by atoms with E-state index >= 15 is 0 Å². The van der Waals surface area contributed by atoms with Gasteiger partial charge in [0.2, 0.25) is 5.91 Å². The Kier molecular flexibility index (Phi) is 6.75. The molecule has 4 heterocycles. The zero-order valence-electron chi connectivity index (χ0n) is 17.8. The summed E-state index contributed by atoms with van der Waals surface area (Å²) in [7, 11) is 0. The molecule has 0 unspecified atom stereocenters. The second-order valence-electron chi connectivity index (χ2n) is 9.32. The zero-order chi connectivity index (χ0) is 21.4. The number of carbonyl (C=O) groups is 1. The Hall–Kier alpha value is -0.890. The quantitative estimate of drug-likeness (QED) is 0.665. The number of benzene rings is 1. The van der Waals surface area contributed by atoms with Gasteiger partial charge in [0.05, 0.1) is 61.0 Å². The fraction of sp³-hybridized carbons (Fsp3) is 0.696. The number of carbonyl (C=O) groups excluding carboxylic acids is 1. The van der Waals surface area contributed by atoms with Crippen molar-refractivity contribution in [3.8, 4) is 0 Å². The molecule has 6 nitrogen and oxygen atoms in total. The van der Waals surface area contributed by atoms with E-state index in [0.717, 1.165) is 51.5 Å².